The van der Waals surface area contributed by atoms with Gasteiger partial charge in [-0.05, 0) is 99.8 Å². The average Bonchev–Trinajstić information content (AvgIpc) is 3.25. The van der Waals surface area contributed by atoms with Crippen molar-refractivity contribution in [2.75, 3.05) is 40.1 Å². The predicted molar refractivity (Wildman–Crippen MR) is 239 cm³/mol. The number of carboxylic acid groups (broad SMARTS) is 1. The maximum Gasteiger partial charge on any atom is 0.333 e. The highest BCUT2D eigenvalue weighted by atomic mass is 16.6. The standard InChI is InChI=1S/C14H25NO3.C12H20O6.C12H20O4.C9H16O2/c1-5-14(2,3)13(17)15-11-8-6-10(7-9-11)12(16)18-4;1-4-12(2,3)11(16)18-8-7-17-10(15)6-5-9(13)14;1-6-12(4,5)11(14)16-8-7-15-10(13)9(2)3;1-5-7-11-8(10)9(3,4)6-2/h10-11H,5-9H2,1-4H3,(H,15,17);4-8H2,1-3H3,(H,13,14);2,6-8H2,1,3-5H3;5H,1,6-7H2,2-4H3. The Balaban J connectivity index is -0.000000774. The van der Waals surface area contributed by atoms with Gasteiger partial charge in [-0.15, -0.1) is 0 Å². The number of nitrogens with one attached hydrogen (secondary N) is 1. The van der Waals surface area contributed by atoms with Crippen molar-refractivity contribution in [3.8, 4) is 0 Å². The van der Waals surface area contributed by atoms with E-state index in [1.54, 1.807) is 26.8 Å². The molecule has 16 nitrogen and oxygen atoms in total. The third kappa shape index (κ3) is 28.5. The fourth-order valence-electron chi connectivity index (χ4n) is 4.30. The number of ether oxygens (including phenoxy) is 6. The molecular formula is C47H81NO15. The molecule has 0 saturated heterocycles. The molecule has 1 aliphatic carbocycles. The number of carbonyl (C=O) groups excluding carboxylic acids is 7. The van der Waals surface area contributed by atoms with Gasteiger partial charge in [-0.1, -0.05) is 60.8 Å². The van der Waals surface area contributed by atoms with Crippen molar-refractivity contribution >= 4 is 47.7 Å². The Kier molecular flexibility index (Phi) is 31.7. The van der Waals surface area contributed by atoms with Crippen LogP contribution >= 0.6 is 0 Å². The minimum Gasteiger partial charge on any atom is -0.481 e. The van der Waals surface area contributed by atoms with E-state index in [-0.39, 0.29) is 91.8 Å². The molecule has 0 aromatic heterocycles. The lowest BCUT2D eigenvalue weighted by molar-refractivity contribution is -0.159. The van der Waals surface area contributed by atoms with Gasteiger partial charge in [0.15, 0.2) is 0 Å². The Bertz CT molecular complexity index is 1470. The summed E-state index contributed by atoms with van der Waals surface area (Å²) in [6, 6.07) is 0.212. The molecule has 0 atom stereocenters. The summed E-state index contributed by atoms with van der Waals surface area (Å²) in [6.07, 6.45) is 7.47. The number of amides is 1. The second-order valence-corrected chi connectivity index (χ2v) is 17.7. The molecule has 1 amide bonds. The zero-order valence-electron chi connectivity index (χ0n) is 40.9. The zero-order valence-corrected chi connectivity index (χ0v) is 40.9. The fourth-order valence-corrected chi connectivity index (χ4v) is 4.30. The van der Waals surface area contributed by atoms with Crippen molar-refractivity contribution in [3.63, 3.8) is 0 Å². The summed E-state index contributed by atoms with van der Waals surface area (Å²) in [7, 11) is 1.43. The lowest BCUT2D eigenvalue weighted by Crippen LogP contribution is -2.44. The molecule has 0 heterocycles. The van der Waals surface area contributed by atoms with Crippen molar-refractivity contribution in [1.82, 2.24) is 5.32 Å². The Hall–Kier alpha value is -4.76. The van der Waals surface area contributed by atoms with Crippen LogP contribution in [0.15, 0.2) is 24.8 Å². The predicted octanol–water partition coefficient (Wildman–Crippen LogP) is 7.88. The number of rotatable bonds is 22. The normalized spacial score (nSPS) is 14.7. The van der Waals surface area contributed by atoms with Crippen LogP contribution in [0, 0.1) is 27.6 Å². The molecule has 1 fully saturated rings. The summed E-state index contributed by atoms with van der Waals surface area (Å²) >= 11 is 0. The highest BCUT2D eigenvalue weighted by molar-refractivity contribution is 5.87. The highest BCUT2D eigenvalue weighted by Crippen LogP contribution is 2.27. The van der Waals surface area contributed by atoms with Gasteiger partial charge in [-0.25, -0.2) is 4.79 Å². The Labute approximate surface area is 376 Å². The van der Waals surface area contributed by atoms with Crippen LogP contribution in [0.2, 0.25) is 0 Å². The highest BCUT2D eigenvalue weighted by Gasteiger charge is 2.32. The molecule has 0 aromatic carbocycles. The molecule has 63 heavy (non-hydrogen) atoms. The van der Waals surface area contributed by atoms with E-state index in [9.17, 15) is 38.4 Å². The van der Waals surface area contributed by atoms with Gasteiger partial charge < -0.3 is 38.8 Å². The Morgan fingerprint density at radius 2 is 1.02 bits per heavy atom. The van der Waals surface area contributed by atoms with Crippen LogP contribution < -0.4 is 5.32 Å². The molecule has 1 aliphatic rings. The lowest BCUT2D eigenvalue weighted by atomic mass is 9.84. The quantitative estimate of drug-likeness (QED) is 0.0347. The molecule has 1 saturated carbocycles. The Morgan fingerprint density at radius 3 is 1.38 bits per heavy atom. The summed E-state index contributed by atoms with van der Waals surface area (Å²) in [5, 5.41) is 11.4. The maximum atomic E-state index is 12.0. The second kappa shape index (κ2) is 32.0. The second-order valence-electron chi connectivity index (χ2n) is 17.7. The van der Waals surface area contributed by atoms with Gasteiger partial charge in [-0.2, -0.15) is 0 Å². The third-order valence-electron chi connectivity index (χ3n) is 10.8. The van der Waals surface area contributed by atoms with Crippen LogP contribution in [-0.2, 0) is 66.8 Å². The van der Waals surface area contributed by atoms with Crippen molar-refractivity contribution in [2.45, 2.75) is 160 Å². The topological polar surface area (TPSA) is 224 Å². The average molecular weight is 900 g/mol. The maximum absolute atomic E-state index is 12.0. The van der Waals surface area contributed by atoms with Gasteiger partial charge in [0.1, 0.15) is 33.0 Å². The molecule has 16 heteroatoms. The number of hydrogen-bond acceptors (Lipinski definition) is 14. The summed E-state index contributed by atoms with van der Waals surface area (Å²) in [5.41, 5.74) is -1.37. The molecule has 0 spiro atoms. The smallest absolute Gasteiger partial charge is 0.333 e. The number of hydrogen-bond donors (Lipinski definition) is 2. The first-order chi connectivity index (χ1) is 29.0. The van der Waals surface area contributed by atoms with E-state index in [0.717, 1.165) is 38.5 Å². The van der Waals surface area contributed by atoms with E-state index >= 15 is 0 Å². The molecule has 0 radical (unpaired) electrons. The molecule has 0 aliphatic heterocycles. The first-order valence-corrected chi connectivity index (χ1v) is 21.8. The van der Waals surface area contributed by atoms with Crippen LogP contribution in [0.5, 0.6) is 0 Å². The van der Waals surface area contributed by atoms with Gasteiger partial charge in [0.25, 0.3) is 0 Å². The van der Waals surface area contributed by atoms with E-state index in [4.69, 9.17) is 33.5 Å². The fraction of sp³-hybridized carbons (Fsp3) is 0.745. The molecule has 2 N–H and O–H groups in total. The zero-order chi connectivity index (χ0) is 49.6. The first-order valence-electron chi connectivity index (χ1n) is 21.8. The minimum atomic E-state index is -1.05. The van der Waals surface area contributed by atoms with Crippen LogP contribution in [0.1, 0.15) is 154 Å². The lowest BCUT2D eigenvalue weighted by Gasteiger charge is -2.30. The molecule has 0 unspecified atom stereocenters. The molecular weight excluding hydrogens is 819 g/mol. The van der Waals surface area contributed by atoms with E-state index in [2.05, 4.69) is 18.5 Å². The van der Waals surface area contributed by atoms with Gasteiger partial charge >= 0.3 is 41.8 Å². The third-order valence-corrected chi connectivity index (χ3v) is 10.8. The number of aliphatic carboxylic acids is 1. The summed E-state index contributed by atoms with van der Waals surface area (Å²) in [6.45, 7) is 31.5. The van der Waals surface area contributed by atoms with Crippen LogP contribution in [0.4, 0.5) is 0 Å². The summed E-state index contributed by atoms with van der Waals surface area (Å²) < 4.78 is 29.1. The molecule has 0 aromatic rings. The summed E-state index contributed by atoms with van der Waals surface area (Å²) in [5.74, 6) is -2.88. The largest absolute Gasteiger partial charge is 0.481 e. The van der Waals surface area contributed by atoms with Crippen molar-refractivity contribution in [1.29, 1.82) is 0 Å². The van der Waals surface area contributed by atoms with Gasteiger partial charge in [0, 0.05) is 17.0 Å². The van der Waals surface area contributed by atoms with Crippen LogP contribution in [-0.4, -0.2) is 99.0 Å². The van der Waals surface area contributed by atoms with Crippen molar-refractivity contribution in [3.05, 3.63) is 24.8 Å². The van der Waals surface area contributed by atoms with Crippen LogP contribution in [0.3, 0.4) is 0 Å². The van der Waals surface area contributed by atoms with E-state index in [1.165, 1.54) is 7.11 Å². The number of esters is 6. The molecule has 1 rings (SSSR count). The van der Waals surface area contributed by atoms with Gasteiger partial charge in [0.2, 0.25) is 5.91 Å². The monoisotopic (exact) mass is 900 g/mol. The van der Waals surface area contributed by atoms with Crippen molar-refractivity contribution < 1.29 is 71.9 Å². The van der Waals surface area contributed by atoms with Crippen molar-refractivity contribution in [2.24, 2.45) is 27.6 Å². The van der Waals surface area contributed by atoms with E-state index in [0.29, 0.717) is 25.0 Å². The minimum absolute atomic E-state index is 0.0128. The van der Waals surface area contributed by atoms with E-state index in [1.807, 2.05) is 69.2 Å². The molecule has 0 bridgehead atoms. The van der Waals surface area contributed by atoms with E-state index < -0.39 is 28.7 Å². The number of methoxy groups -OCH3 is 1. The Morgan fingerprint density at radius 1 is 0.619 bits per heavy atom. The van der Waals surface area contributed by atoms with Crippen LogP contribution in [0.25, 0.3) is 0 Å². The van der Waals surface area contributed by atoms with Gasteiger partial charge in [0.05, 0.1) is 42.1 Å². The SMILES string of the molecule is C=C(C)C(=O)OCCOC(=O)C(C)(C)CC.C=CCOC(=O)C(C)(C)CC.CCC(C)(C)C(=O)NC1CCC(C(=O)OC)CC1.CCC(C)(C)C(=O)OCCOC(=O)CCC(=O)O. The summed E-state index contributed by atoms with van der Waals surface area (Å²) in [4.78, 5) is 89.8. The molecule has 364 valence electrons. The van der Waals surface area contributed by atoms with Gasteiger partial charge in [-0.3, -0.25) is 33.6 Å². The number of carbonyl (C=O) groups is 8. The first kappa shape index (κ1) is 62.5. The number of carboxylic acids is 1.